The standard InChI is InChI=1S/C22H15ClO4/c1-3-21(24)26-19-8-7-14-9-15(5-6-16(14)11-19)17-10-18(23)13-20(12-17)27-22(25)4-2/h3-13H,1-2H2. The van der Waals surface area contributed by atoms with Crippen LogP contribution >= 0.6 is 11.6 Å². The van der Waals surface area contributed by atoms with E-state index < -0.39 is 11.9 Å². The summed E-state index contributed by atoms with van der Waals surface area (Å²) in [6, 6.07) is 16.2. The summed E-state index contributed by atoms with van der Waals surface area (Å²) >= 11 is 6.15. The van der Waals surface area contributed by atoms with E-state index in [1.165, 1.54) is 0 Å². The lowest BCUT2D eigenvalue weighted by Crippen LogP contribution is -2.03. The number of ether oxygens (including phenoxy) is 2. The van der Waals surface area contributed by atoms with Crippen molar-refractivity contribution in [3.05, 3.63) is 84.9 Å². The van der Waals surface area contributed by atoms with Crippen LogP contribution < -0.4 is 9.47 Å². The molecule has 3 aromatic rings. The van der Waals surface area contributed by atoms with Crippen LogP contribution in [0.15, 0.2) is 79.9 Å². The van der Waals surface area contributed by atoms with E-state index in [2.05, 4.69) is 13.2 Å². The van der Waals surface area contributed by atoms with Gasteiger partial charge in [0.1, 0.15) is 11.5 Å². The molecule has 0 spiro atoms. The van der Waals surface area contributed by atoms with Gasteiger partial charge in [0, 0.05) is 17.2 Å². The SMILES string of the molecule is C=CC(=O)Oc1cc(Cl)cc(-c2ccc3cc(OC(=O)C=C)ccc3c2)c1. The van der Waals surface area contributed by atoms with Gasteiger partial charge in [0.25, 0.3) is 0 Å². The minimum Gasteiger partial charge on any atom is -0.423 e. The fourth-order valence-corrected chi connectivity index (χ4v) is 2.80. The third kappa shape index (κ3) is 4.43. The summed E-state index contributed by atoms with van der Waals surface area (Å²) in [6.45, 7) is 6.76. The summed E-state index contributed by atoms with van der Waals surface area (Å²) in [6.07, 6.45) is 2.20. The van der Waals surface area contributed by atoms with Crippen molar-refractivity contribution in [2.75, 3.05) is 0 Å². The molecule has 0 aliphatic rings. The summed E-state index contributed by atoms with van der Waals surface area (Å²) in [4.78, 5) is 22.7. The van der Waals surface area contributed by atoms with E-state index in [1.54, 1.807) is 30.3 Å². The molecule has 0 N–H and O–H groups in total. The lowest BCUT2D eigenvalue weighted by atomic mass is 10.0. The van der Waals surface area contributed by atoms with Gasteiger partial charge in [-0.3, -0.25) is 0 Å². The van der Waals surface area contributed by atoms with Gasteiger partial charge in [0.2, 0.25) is 0 Å². The molecule has 0 aliphatic carbocycles. The Bertz CT molecular complexity index is 1070. The third-order valence-electron chi connectivity index (χ3n) is 3.79. The maximum absolute atomic E-state index is 11.4. The first kappa shape index (κ1) is 18.4. The maximum Gasteiger partial charge on any atom is 0.335 e. The predicted octanol–water partition coefficient (Wildman–Crippen LogP) is 5.34. The first-order valence-electron chi connectivity index (χ1n) is 8.02. The number of fused-ring (bicyclic) bond motifs is 1. The highest BCUT2D eigenvalue weighted by Crippen LogP contribution is 2.31. The second-order valence-electron chi connectivity index (χ2n) is 5.65. The average molecular weight is 379 g/mol. The zero-order chi connectivity index (χ0) is 19.4. The smallest absolute Gasteiger partial charge is 0.335 e. The Labute approximate surface area is 161 Å². The Kier molecular flexibility index (Phi) is 5.38. The molecule has 0 heterocycles. The minimum atomic E-state index is -0.552. The molecule has 0 atom stereocenters. The van der Waals surface area contributed by atoms with Gasteiger partial charge in [0.15, 0.2) is 0 Å². The van der Waals surface area contributed by atoms with Crippen LogP contribution in [0.1, 0.15) is 0 Å². The Hall–Kier alpha value is -3.37. The second-order valence-corrected chi connectivity index (χ2v) is 6.09. The van der Waals surface area contributed by atoms with Gasteiger partial charge < -0.3 is 9.47 Å². The van der Waals surface area contributed by atoms with Gasteiger partial charge in [0.05, 0.1) is 0 Å². The molecule has 0 bridgehead atoms. The molecule has 0 saturated carbocycles. The van der Waals surface area contributed by atoms with Gasteiger partial charge in [-0.15, -0.1) is 0 Å². The molecule has 0 fully saturated rings. The number of esters is 2. The highest BCUT2D eigenvalue weighted by Gasteiger charge is 2.08. The topological polar surface area (TPSA) is 52.6 Å². The number of hydrogen-bond donors (Lipinski definition) is 0. The first-order valence-corrected chi connectivity index (χ1v) is 8.39. The van der Waals surface area contributed by atoms with Crippen LogP contribution in [0.3, 0.4) is 0 Å². The largest absolute Gasteiger partial charge is 0.423 e. The van der Waals surface area contributed by atoms with Crippen LogP contribution in [-0.2, 0) is 9.59 Å². The Balaban J connectivity index is 1.96. The number of carbonyl (C=O) groups is 2. The number of halogens is 1. The molecule has 0 aromatic heterocycles. The van der Waals surface area contributed by atoms with E-state index in [4.69, 9.17) is 21.1 Å². The van der Waals surface area contributed by atoms with Crippen molar-refractivity contribution in [1.29, 1.82) is 0 Å². The summed E-state index contributed by atoms with van der Waals surface area (Å²) < 4.78 is 10.3. The number of benzene rings is 3. The van der Waals surface area contributed by atoms with E-state index in [-0.39, 0.29) is 0 Å². The van der Waals surface area contributed by atoms with Crippen molar-refractivity contribution >= 4 is 34.3 Å². The van der Waals surface area contributed by atoms with Crippen LogP contribution in [0.2, 0.25) is 5.02 Å². The molecule has 0 saturated heterocycles. The predicted molar refractivity (Wildman–Crippen MR) is 106 cm³/mol. The lowest BCUT2D eigenvalue weighted by molar-refractivity contribution is -0.129. The normalized spacial score (nSPS) is 10.3. The number of carbonyl (C=O) groups excluding carboxylic acids is 2. The quantitative estimate of drug-likeness (QED) is 0.341. The van der Waals surface area contributed by atoms with Crippen molar-refractivity contribution in [3.63, 3.8) is 0 Å². The average Bonchev–Trinajstić information content (AvgIpc) is 2.66. The van der Waals surface area contributed by atoms with Gasteiger partial charge in [-0.2, -0.15) is 0 Å². The molecule has 3 aromatic carbocycles. The minimum absolute atomic E-state index is 0.342. The lowest BCUT2D eigenvalue weighted by Gasteiger charge is -2.09. The van der Waals surface area contributed by atoms with Crippen molar-refractivity contribution in [1.82, 2.24) is 0 Å². The van der Waals surface area contributed by atoms with Crippen LogP contribution in [0.5, 0.6) is 11.5 Å². The van der Waals surface area contributed by atoms with Crippen LogP contribution in [0.4, 0.5) is 0 Å². The van der Waals surface area contributed by atoms with E-state index >= 15 is 0 Å². The van der Waals surface area contributed by atoms with Gasteiger partial charge in [-0.05, 0) is 58.3 Å². The first-order chi connectivity index (χ1) is 13.0. The highest BCUT2D eigenvalue weighted by atomic mass is 35.5. The third-order valence-corrected chi connectivity index (χ3v) is 4.00. The monoisotopic (exact) mass is 378 g/mol. The van der Waals surface area contributed by atoms with Crippen molar-refractivity contribution in [2.24, 2.45) is 0 Å². The van der Waals surface area contributed by atoms with Crippen LogP contribution in [0.25, 0.3) is 21.9 Å². The van der Waals surface area contributed by atoms with E-state index in [0.29, 0.717) is 16.5 Å². The summed E-state index contributed by atoms with van der Waals surface area (Å²) in [5, 5.41) is 2.31. The highest BCUT2D eigenvalue weighted by molar-refractivity contribution is 6.31. The second kappa shape index (κ2) is 7.89. The van der Waals surface area contributed by atoms with Crippen LogP contribution in [-0.4, -0.2) is 11.9 Å². The molecular weight excluding hydrogens is 364 g/mol. The van der Waals surface area contributed by atoms with Crippen molar-refractivity contribution < 1.29 is 19.1 Å². The molecule has 0 aliphatic heterocycles. The van der Waals surface area contributed by atoms with E-state index in [0.717, 1.165) is 34.1 Å². The van der Waals surface area contributed by atoms with Gasteiger partial charge in [-0.1, -0.05) is 43.0 Å². The number of hydrogen-bond acceptors (Lipinski definition) is 4. The Morgan fingerprint density at radius 2 is 1.37 bits per heavy atom. The van der Waals surface area contributed by atoms with Crippen LogP contribution in [0, 0.1) is 0 Å². The van der Waals surface area contributed by atoms with E-state index in [1.807, 2.05) is 24.3 Å². The Morgan fingerprint density at radius 3 is 2.07 bits per heavy atom. The summed E-state index contributed by atoms with van der Waals surface area (Å²) in [5.74, 6) is -0.273. The van der Waals surface area contributed by atoms with E-state index in [9.17, 15) is 9.59 Å². The van der Waals surface area contributed by atoms with Gasteiger partial charge >= 0.3 is 11.9 Å². The fraction of sp³-hybridized carbons (Fsp3) is 0. The summed E-state index contributed by atoms with van der Waals surface area (Å²) in [7, 11) is 0. The molecule has 134 valence electrons. The maximum atomic E-state index is 11.4. The zero-order valence-corrected chi connectivity index (χ0v) is 15.0. The van der Waals surface area contributed by atoms with Crippen molar-refractivity contribution in [3.8, 4) is 22.6 Å². The Morgan fingerprint density at radius 1 is 0.741 bits per heavy atom. The molecule has 0 radical (unpaired) electrons. The molecule has 3 rings (SSSR count). The zero-order valence-electron chi connectivity index (χ0n) is 14.3. The van der Waals surface area contributed by atoms with Gasteiger partial charge in [-0.25, -0.2) is 9.59 Å². The number of rotatable bonds is 5. The molecule has 27 heavy (non-hydrogen) atoms. The molecule has 4 nitrogen and oxygen atoms in total. The van der Waals surface area contributed by atoms with Crippen molar-refractivity contribution in [2.45, 2.75) is 0 Å². The molecule has 0 unspecified atom stereocenters. The summed E-state index contributed by atoms with van der Waals surface area (Å²) in [5.41, 5.74) is 1.70. The molecule has 5 heteroatoms. The molecule has 0 amide bonds. The molecular formula is C22H15ClO4. The fourth-order valence-electron chi connectivity index (χ4n) is 2.57.